The first-order valence-corrected chi connectivity index (χ1v) is 8.14. The van der Waals surface area contributed by atoms with E-state index in [1.54, 1.807) is 17.4 Å². The normalized spacial score (nSPS) is 14.5. The standard InChI is InChI=1S/C17H17NO3S/c1-11(16-6-3-9-22-16)18-17(20)10-21-15-5-2-4-12-13(15)7-8-14(12)19/h2-6,9,11H,7-8,10H2,1H3,(H,18,20)/t11-/m0/s1. The Kier molecular flexibility index (Phi) is 4.24. The molecular weight excluding hydrogens is 298 g/mol. The molecule has 1 aliphatic rings. The number of ketones is 1. The van der Waals surface area contributed by atoms with Gasteiger partial charge in [0, 0.05) is 22.4 Å². The molecule has 1 atom stereocenters. The molecule has 1 aliphatic carbocycles. The summed E-state index contributed by atoms with van der Waals surface area (Å²) < 4.78 is 5.62. The van der Waals surface area contributed by atoms with Crippen LogP contribution in [-0.2, 0) is 11.2 Å². The van der Waals surface area contributed by atoms with Crippen LogP contribution >= 0.6 is 11.3 Å². The lowest BCUT2D eigenvalue weighted by atomic mass is 10.1. The van der Waals surface area contributed by atoms with Crippen LogP contribution in [0.25, 0.3) is 0 Å². The molecule has 0 bridgehead atoms. The van der Waals surface area contributed by atoms with Gasteiger partial charge in [0.2, 0.25) is 0 Å². The highest BCUT2D eigenvalue weighted by Crippen LogP contribution is 2.30. The zero-order valence-corrected chi connectivity index (χ0v) is 13.1. The number of hydrogen-bond donors (Lipinski definition) is 1. The Balaban J connectivity index is 1.59. The molecule has 4 nitrogen and oxygen atoms in total. The summed E-state index contributed by atoms with van der Waals surface area (Å²) in [5.74, 6) is 0.626. The molecule has 0 spiro atoms. The third-order valence-corrected chi connectivity index (χ3v) is 4.80. The Morgan fingerprint density at radius 2 is 2.18 bits per heavy atom. The zero-order valence-electron chi connectivity index (χ0n) is 12.3. The van der Waals surface area contributed by atoms with Crippen LogP contribution in [0, 0.1) is 0 Å². The van der Waals surface area contributed by atoms with Crippen LogP contribution in [0.4, 0.5) is 0 Å². The van der Waals surface area contributed by atoms with Crippen LogP contribution in [-0.4, -0.2) is 18.3 Å². The number of thiophene rings is 1. The van der Waals surface area contributed by atoms with Crippen LogP contribution in [0.2, 0.25) is 0 Å². The first-order chi connectivity index (χ1) is 10.6. The number of amides is 1. The third kappa shape index (κ3) is 3.04. The molecule has 0 fully saturated rings. The maximum atomic E-state index is 12.0. The molecule has 0 saturated carbocycles. The molecular formula is C17H17NO3S. The molecule has 1 aromatic carbocycles. The van der Waals surface area contributed by atoms with Gasteiger partial charge in [-0.1, -0.05) is 18.2 Å². The molecule has 1 heterocycles. The van der Waals surface area contributed by atoms with Crippen LogP contribution < -0.4 is 10.1 Å². The Hall–Kier alpha value is -2.14. The van der Waals surface area contributed by atoms with Gasteiger partial charge in [0.15, 0.2) is 12.4 Å². The molecule has 0 radical (unpaired) electrons. The van der Waals surface area contributed by atoms with Gasteiger partial charge in [0.25, 0.3) is 5.91 Å². The second-order valence-corrected chi connectivity index (χ2v) is 6.28. The van der Waals surface area contributed by atoms with E-state index in [-0.39, 0.29) is 24.3 Å². The highest BCUT2D eigenvalue weighted by atomic mass is 32.1. The van der Waals surface area contributed by atoms with E-state index in [0.717, 1.165) is 16.0 Å². The second-order valence-electron chi connectivity index (χ2n) is 5.30. The van der Waals surface area contributed by atoms with E-state index < -0.39 is 0 Å². The van der Waals surface area contributed by atoms with Gasteiger partial charge < -0.3 is 10.1 Å². The van der Waals surface area contributed by atoms with E-state index in [1.165, 1.54) is 0 Å². The van der Waals surface area contributed by atoms with Crippen molar-refractivity contribution in [1.82, 2.24) is 5.32 Å². The number of fused-ring (bicyclic) bond motifs is 1. The average Bonchev–Trinajstić information content (AvgIpc) is 3.16. The van der Waals surface area contributed by atoms with Crippen LogP contribution in [0.15, 0.2) is 35.7 Å². The van der Waals surface area contributed by atoms with Crippen molar-refractivity contribution in [3.05, 3.63) is 51.7 Å². The number of carbonyl (C=O) groups excluding carboxylic acids is 2. The van der Waals surface area contributed by atoms with E-state index in [9.17, 15) is 9.59 Å². The number of hydrogen-bond acceptors (Lipinski definition) is 4. The SMILES string of the molecule is C[C@H](NC(=O)COc1cccc2c1CCC2=O)c1cccs1. The van der Waals surface area contributed by atoms with Crippen molar-refractivity contribution in [1.29, 1.82) is 0 Å². The maximum Gasteiger partial charge on any atom is 0.258 e. The van der Waals surface area contributed by atoms with E-state index in [4.69, 9.17) is 4.74 Å². The van der Waals surface area contributed by atoms with Crippen molar-refractivity contribution in [2.75, 3.05) is 6.61 Å². The Bertz CT molecular complexity index is 694. The molecule has 5 heteroatoms. The van der Waals surface area contributed by atoms with Gasteiger partial charge in [-0.05, 0) is 30.9 Å². The number of Topliss-reactive ketones (excluding diaryl/α,β-unsaturated/α-hetero) is 1. The van der Waals surface area contributed by atoms with Crippen LogP contribution in [0.5, 0.6) is 5.75 Å². The van der Waals surface area contributed by atoms with Crippen molar-refractivity contribution in [2.24, 2.45) is 0 Å². The molecule has 0 unspecified atom stereocenters. The summed E-state index contributed by atoms with van der Waals surface area (Å²) in [7, 11) is 0. The highest BCUT2D eigenvalue weighted by molar-refractivity contribution is 7.10. The van der Waals surface area contributed by atoms with E-state index in [2.05, 4.69) is 5.32 Å². The summed E-state index contributed by atoms with van der Waals surface area (Å²) in [6.07, 6.45) is 1.22. The first kappa shape index (κ1) is 14.8. The lowest BCUT2D eigenvalue weighted by Gasteiger charge is -2.14. The van der Waals surface area contributed by atoms with Crippen molar-refractivity contribution in [2.45, 2.75) is 25.8 Å². The van der Waals surface area contributed by atoms with Gasteiger partial charge in [-0.15, -0.1) is 11.3 Å². The number of benzene rings is 1. The smallest absolute Gasteiger partial charge is 0.258 e. The fourth-order valence-corrected chi connectivity index (χ4v) is 3.36. The fourth-order valence-electron chi connectivity index (χ4n) is 2.63. The Morgan fingerprint density at radius 1 is 1.32 bits per heavy atom. The minimum atomic E-state index is -0.164. The molecule has 22 heavy (non-hydrogen) atoms. The summed E-state index contributed by atoms with van der Waals surface area (Å²) in [5, 5.41) is 4.89. The lowest BCUT2D eigenvalue weighted by molar-refractivity contribution is -0.123. The van der Waals surface area contributed by atoms with Gasteiger partial charge in [-0.2, -0.15) is 0 Å². The van der Waals surface area contributed by atoms with Crippen molar-refractivity contribution >= 4 is 23.0 Å². The van der Waals surface area contributed by atoms with Crippen molar-refractivity contribution in [3.8, 4) is 5.75 Å². The number of nitrogens with one attached hydrogen (secondary N) is 1. The minimum Gasteiger partial charge on any atom is -0.483 e. The molecule has 1 aromatic heterocycles. The molecule has 2 aromatic rings. The van der Waals surface area contributed by atoms with Gasteiger partial charge in [-0.3, -0.25) is 9.59 Å². The number of rotatable bonds is 5. The summed E-state index contributed by atoms with van der Waals surface area (Å²) >= 11 is 1.61. The van der Waals surface area contributed by atoms with Crippen molar-refractivity contribution < 1.29 is 14.3 Å². The average molecular weight is 315 g/mol. The van der Waals surface area contributed by atoms with Gasteiger partial charge in [-0.25, -0.2) is 0 Å². The van der Waals surface area contributed by atoms with Gasteiger partial charge >= 0.3 is 0 Å². The number of ether oxygens (including phenoxy) is 1. The Morgan fingerprint density at radius 3 is 2.95 bits per heavy atom. The van der Waals surface area contributed by atoms with Gasteiger partial charge in [0.1, 0.15) is 5.75 Å². The Labute approximate surface area is 133 Å². The highest BCUT2D eigenvalue weighted by Gasteiger charge is 2.23. The predicted molar refractivity (Wildman–Crippen MR) is 85.5 cm³/mol. The zero-order chi connectivity index (χ0) is 15.5. The van der Waals surface area contributed by atoms with Crippen LogP contribution in [0.3, 0.4) is 0 Å². The maximum absolute atomic E-state index is 12.0. The van der Waals surface area contributed by atoms with Gasteiger partial charge in [0.05, 0.1) is 6.04 Å². The van der Waals surface area contributed by atoms with E-state index in [0.29, 0.717) is 18.6 Å². The molecule has 3 rings (SSSR count). The first-order valence-electron chi connectivity index (χ1n) is 7.26. The topological polar surface area (TPSA) is 55.4 Å². The van der Waals surface area contributed by atoms with Crippen LogP contribution in [0.1, 0.15) is 40.2 Å². The summed E-state index contributed by atoms with van der Waals surface area (Å²) in [6, 6.07) is 9.35. The molecule has 1 N–H and O–H groups in total. The quantitative estimate of drug-likeness (QED) is 0.922. The monoisotopic (exact) mass is 315 g/mol. The molecule has 1 amide bonds. The minimum absolute atomic E-state index is 0.0285. The molecule has 0 aliphatic heterocycles. The van der Waals surface area contributed by atoms with Crippen molar-refractivity contribution in [3.63, 3.8) is 0 Å². The lowest BCUT2D eigenvalue weighted by Crippen LogP contribution is -2.31. The number of carbonyl (C=O) groups is 2. The largest absolute Gasteiger partial charge is 0.483 e. The molecule has 0 saturated heterocycles. The summed E-state index contributed by atoms with van der Waals surface area (Å²) in [5.41, 5.74) is 1.65. The summed E-state index contributed by atoms with van der Waals surface area (Å²) in [6.45, 7) is 1.91. The predicted octanol–water partition coefficient (Wildman–Crippen LogP) is 3.13. The fraction of sp³-hybridized carbons (Fsp3) is 0.294. The second kappa shape index (κ2) is 6.32. The van der Waals surface area contributed by atoms with E-state index in [1.807, 2.05) is 36.6 Å². The van der Waals surface area contributed by atoms with E-state index >= 15 is 0 Å². The molecule has 114 valence electrons. The third-order valence-electron chi connectivity index (χ3n) is 3.74. The summed E-state index contributed by atoms with van der Waals surface area (Å²) in [4.78, 5) is 24.8.